The van der Waals surface area contributed by atoms with Crippen LogP contribution < -0.4 is 0 Å². The third-order valence-corrected chi connectivity index (χ3v) is 9.69. The van der Waals surface area contributed by atoms with E-state index in [4.69, 9.17) is 9.97 Å². The fraction of sp³-hybridized carbons (Fsp3) is 0. The predicted octanol–water partition coefficient (Wildman–Crippen LogP) is 10.9. The Balaban J connectivity index is 1.34. The van der Waals surface area contributed by atoms with E-state index in [1.165, 1.54) is 47.7 Å². The van der Waals surface area contributed by atoms with Crippen LogP contribution >= 0.6 is 11.3 Å². The molecule has 0 atom stereocenters. The highest BCUT2D eigenvalue weighted by Gasteiger charge is 2.20. The van der Waals surface area contributed by atoms with Crippen molar-refractivity contribution >= 4 is 53.3 Å². The zero-order valence-corrected chi connectivity index (χ0v) is 24.5. The van der Waals surface area contributed by atoms with Crippen molar-refractivity contribution in [2.24, 2.45) is 0 Å². The van der Waals surface area contributed by atoms with E-state index in [1.807, 2.05) is 23.5 Å². The van der Waals surface area contributed by atoms with Crippen LogP contribution in [0.3, 0.4) is 0 Å². The van der Waals surface area contributed by atoms with Gasteiger partial charge in [0, 0.05) is 53.3 Å². The maximum atomic E-state index is 5.17. The van der Waals surface area contributed by atoms with Crippen LogP contribution in [0.1, 0.15) is 0 Å². The lowest BCUT2D eigenvalue weighted by molar-refractivity contribution is 1.18. The van der Waals surface area contributed by atoms with Gasteiger partial charge >= 0.3 is 0 Å². The van der Waals surface area contributed by atoms with Gasteiger partial charge in [0.2, 0.25) is 0 Å². The second-order valence-corrected chi connectivity index (χ2v) is 12.0. The second kappa shape index (κ2) is 10.0. The molecular formula is C40H25N3S. The third kappa shape index (κ3) is 3.89. The van der Waals surface area contributed by atoms with Gasteiger partial charge in [-0.15, -0.1) is 11.3 Å². The minimum Gasteiger partial charge on any atom is -0.309 e. The molecule has 206 valence electrons. The predicted molar refractivity (Wildman–Crippen MR) is 186 cm³/mol. The van der Waals surface area contributed by atoms with E-state index in [9.17, 15) is 0 Å². The molecule has 6 aromatic carbocycles. The number of thiophene rings is 1. The molecule has 9 rings (SSSR count). The number of fused-ring (bicyclic) bond motifs is 7. The Labute approximate surface area is 258 Å². The molecule has 0 saturated heterocycles. The van der Waals surface area contributed by atoms with Crippen LogP contribution in [-0.2, 0) is 0 Å². The number of para-hydroxylation sites is 2. The fourth-order valence-corrected chi connectivity index (χ4v) is 7.79. The first-order valence-electron chi connectivity index (χ1n) is 14.8. The van der Waals surface area contributed by atoms with E-state index in [2.05, 4.69) is 144 Å². The quantitative estimate of drug-likeness (QED) is 0.208. The summed E-state index contributed by atoms with van der Waals surface area (Å²) in [7, 11) is 0. The Morgan fingerprint density at radius 1 is 0.455 bits per heavy atom. The number of benzene rings is 6. The van der Waals surface area contributed by atoms with Crippen molar-refractivity contribution in [3.63, 3.8) is 0 Å². The van der Waals surface area contributed by atoms with Gasteiger partial charge in [-0.2, -0.15) is 0 Å². The summed E-state index contributed by atoms with van der Waals surface area (Å²) >= 11 is 1.85. The monoisotopic (exact) mass is 579 g/mol. The fourth-order valence-electron chi connectivity index (χ4n) is 6.42. The highest BCUT2D eigenvalue weighted by atomic mass is 32.1. The van der Waals surface area contributed by atoms with Crippen LogP contribution in [-0.4, -0.2) is 14.5 Å². The largest absolute Gasteiger partial charge is 0.309 e. The standard InChI is InChI=1S/C40H25N3S/c1-4-13-26(14-5-1)33-25-34(27-15-6-2-7-16-27)42-40(41-33)32-21-12-20-29-30-23-24-36-37(39(30)44-38(29)32)31-19-10-11-22-35(31)43(36)28-17-8-3-9-18-28/h1-25H. The summed E-state index contributed by atoms with van der Waals surface area (Å²) in [6, 6.07) is 53.4. The van der Waals surface area contributed by atoms with Gasteiger partial charge in [0.05, 0.1) is 22.4 Å². The van der Waals surface area contributed by atoms with E-state index in [1.54, 1.807) is 0 Å². The van der Waals surface area contributed by atoms with Gasteiger partial charge in [-0.05, 0) is 36.4 Å². The number of nitrogens with zero attached hydrogens (tertiary/aromatic N) is 3. The lowest BCUT2D eigenvalue weighted by Crippen LogP contribution is -1.96. The average molecular weight is 580 g/mol. The molecule has 3 heterocycles. The first kappa shape index (κ1) is 25.0. The zero-order valence-electron chi connectivity index (χ0n) is 23.7. The third-order valence-electron chi connectivity index (χ3n) is 8.42. The minimum absolute atomic E-state index is 0.741. The summed E-state index contributed by atoms with van der Waals surface area (Å²) in [6.07, 6.45) is 0. The molecule has 0 aliphatic carbocycles. The van der Waals surface area contributed by atoms with E-state index in [0.717, 1.165) is 33.9 Å². The highest BCUT2D eigenvalue weighted by Crippen LogP contribution is 2.45. The first-order chi connectivity index (χ1) is 21.8. The maximum Gasteiger partial charge on any atom is 0.161 e. The van der Waals surface area contributed by atoms with Crippen molar-refractivity contribution in [2.75, 3.05) is 0 Å². The Morgan fingerprint density at radius 2 is 1.05 bits per heavy atom. The summed E-state index contributed by atoms with van der Waals surface area (Å²) in [6.45, 7) is 0. The molecule has 0 N–H and O–H groups in total. The van der Waals surface area contributed by atoms with Crippen LogP contribution in [0, 0.1) is 0 Å². The number of aromatic nitrogens is 3. The lowest BCUT2D eigenvalue weighted by Gasteiger charge is -2.10. The minimum atomic E-state index is 0.741. The Bertz CT molecular complexity index is 2420. The molecule has 0 saturated carbocycles. The van der Waals surface area contributed by atoms with Crippen LogP contribution in [0.15, 0.2) is 152 Å². The molecule has 0 aliphatic heterocycles. The molecule has 3 nitrogen and oxygen atoms in total. The van der Waals surface area contributed by atoms with E-state index < -0.39 is 0 Å². The molecule has 0 amide bonds. The van der Waals surface area contributed by atoms with Crippen LogP contribution in [0.2, 0.25) is 0 Å². The molecule has 3 aromatic heterocycles. The molecule has 0 spiro atoms. The highest BCUT2D eigenvalue weighted by molar-refractivity contribution is 7.27. The molecule has 4 heteroatoms. The van der Waals surface area contributed by atoms with Crippen molar-refractivity contribution in [2.45, 2.75) is 0 Å². The normalized spacial score (nSPS) is 11.6. The van der Waals surface area contributed by atoms with Crippen molar-refractivity contribution in [3.8, 4) is 39.6 Å². The molecule has 0 bridgehead atoms. The summed E-state index contributed by atoms with van der Waals surface area (Å²) in [5, 5.41) is 5.05. The van der Waals surface area contributed by atoms with Gasteiger partial charge in [0.25, 0.3) is 0 Å². The molecule has 0 fully saturated rings. The van der Waals surface area contributed by atoms with Gasteiger partial charge in [-0.1, -0.05) is 115 Å². The summed E-state index contributed by atoms with van der Waals surface area (Å²) in [4.78, 5) is 10.3. The molecule has 9 aromatic rings. The molecular weight excluding hydrogens is 555 g/mol. The number of hydrogen-bond donors (Lipinski definition) is 0. The Morgan fingerprint density at radius 3 is 1.75 bits per heavy atom. The molecule has 0 aliphatic rings. The number of hydrogen-bond acceptors (Lipinski definition) is 3. The topological polar surface area (TPSA) is 30.7 Å². The molecule has 0 unspecified atom stereocenters. The van der Waals surface area contributed by atoms with Crippen LogP contribution in [0.4, 0.5) is 0 Å². The second-order valence-electron chi connectivity index (χ2n) is 11.0. The molecule has 0 radical (unpaired) electrons. The zero-order chi connectivity index (χ0) is 29.0. The van der Waals surface area contributed by atoms with Gasteiger partial charge in [0.1, 0.15) is 0 Å². The van der Waals surface area contributed by atoms with Gasteiger partial charge in [0.15, 0.2) is 5.82 Å². The van der Waals surface area contributed by atoms with Gasteiger partial charge in [-0.3, -0.25) is 0 Å². The van der Waals surface area contributed by atoms with Gasteiger partial charge < -0.3 is 4.57 Å². The van der Waals surface area contributed by atoms with Crippen molar-refractivity contribution in [3.05, 3.63) is 152 Å². The first-order valence-corrected chi connectivity index (χ1v) is 15.6. The lowest BCUT2D eigenvalue weighted by atomic mass is 10.0. The maximum absolute atomic E-state index is 5.17. The van der Waals surface area contributed by atoms with E-state index in [0.29, 0.717) is 0 Å². The smallest absolute Gasteiger partial charge is 0.161 e. The Hall–Kier alpha value is -5.58. The van der Waals surface area contributed by atoms with E-state index >= 15 is 0 Å². The SMILES string of the molecule is c1ccc(-c2cc(-c3ccccc3)nc(-c3cccc4c3sc3c4ccc4c3c3ccccc3n4-c3ccccc3)n2)cc1. The average Bonchev–Trinajstić information content (AvgIpc) is 3.65. The Kier molecular flexibility index (Phi) is 5.68. The van der Waals surface area contributed by atoms with Crippen molar-refractivity contribution < 1.29 is 0 Å². The van der Waals surface area contributed by atoms with Crippen LogP contribution in [0.25, 0.3) is 81.6 Å². The van der Waals surface area contributed by atoms with Gasteiger partial charge in [-0.25, -0.2) is 9.97 Å². The van der Waals surface area contributed by atoms with Crippen molar-refractivity contribution in [1.82, 2.24) is 14.5 Å². The molecule has 44 heavy (non-hydrogen) atoms. The van der Waals surface area contributed by atoms with Crippen LogP contribution in [0.5, 0.6) is 0 Å². The summed E-state index contributed by atoms with van der Waals surface area (Å²) < 4.78 is 4.88. The summed E-state index contributed by atoms with van der Waals surface area (Å²) in [5.41, 5.74) is 8.64. The number of rotatable bonds is 4. The summed E-state index contributed by atoms with van der Waals surface area (Å²) in [5.74, 6) is 0.741. The van der Waals surface area contributed by atoms with E-state index in [-0.39, 0.29) is 0 Å². The van der Waals surface area contributed by atoms with Crippen molar-refractivity contribution in [1.29, 1.82) is 0 Å².